The number of hydrogen-bond acceptors (Lipinski definition) is 1. The first-order chi connectivity index (χ1) is 12.5. The standard InChI is InChI=1S/C23H25Cl2N/c1-26(2)14-18-13-20(25)9-10-21(18)23(16-5-7-19(24)8-6-16)22-12-15-3-4-17(22)11-15/h5-10,13,15,17H,3-4,11-12,14H2,1-2H3/b23-22+. The van der Waals surface area contributed by atoms with Crippen molar-refractivity contribution in [3.8, 4) is 0 Å². The average molecular weight is 386 g/mol. The van der Waals surface area contributed by atoms with Gasteiger partial charge < -0.3 is 4.90 Å². The van der Waals surface area contributed by atoms with Crippen LogP contribution in [0, 0.1) is 11.8 Å². The molecule has 2 aromatic rings. The van der Waals surface area contributed by atoms with Crippen molar-refractivity contribution < 1.29 is 0 Å². The second-order valence-electron chi connectivity index (χ2n) is 8.03. The lowest BCUT2D eigenvalue weighted by Crippen LogP contribution is -2.13. The van der Waals surface area contributed by atoms with E-state index in [0.29, 0.717) is 0 Å². The highest BCUT2D eigenvalue weighted by molar-refractivity contribution is 6.31. The molecule has 136 valence electrons. The molecule has 2 fully saturated rings. The number of halogens is 2. The Labute approximate surface area is 166 Å². The Morgan fingerprint density at radius 1 is 1.00 bits per heavy atom. The Morgan fingerprint density at radius 3 is 2.35 bits per heavy atom. The van der Waals surface area contributed by atoms with Gasteiger partial charge in [0, 0.05) is 16.6 Å². The van der Waals surface area contributed by atoms with Crippen molar-refractivity contribution in [2.75, 3.05) is 14.1 Å². The van der Waals surface area contributed by atoms with Crippen molar-refractivity contribution in [2.24, 2.45) is 11.8 Å². The average Bonchev–Trinajstić information content (AvgIpc) is 3.21. The van der Waals surface area contributed by atoms with E-state index in [0.717, 1.165) is 28.4 Å². The predicted octanol–water partition coefficient (Wildman–Crippen LogP) is 6.68. The number of benzene rings is 2. The van der Waals surface area contributed by atoms with Crippen molar-refractivity contribution >= 4 is 28.8 Å². The molecule has 0 aromatic heterocycles. The summed E-state index contributed by atoms with van der Waals surface area (Å²) in [5, 5.41) is 1.59. The topological polar surface area (TPSA) is 3.24 Å². The minimum Gasteiger partial charge on any atom is -0.305 e. The Balaban J connectivity index is 1.90. The highest BCUT2D eigenvalue weighted by Gasteiger charge is 2.37. The molecule has 2 atom stereocenters. The van der Waals surface area contributed by atoms with E-state index in [1.807, 2.05) is 18.2 Å². The van der Waals surface area contributed by atoms with Crippen LogP contribution in [-0.2, 0) is 6.54 Å². The lowest BCUT2D eigenvalue weighted by Gasteiger charge is -2.23. The van der Waals surface area contributed by atoms with Gasteiger partial charge in [0.15, 0.2) is 0 Å². The first kappa shape index (κ1) is 18.1. The smallest absolute Gasteiger partial charge is 0.0409 e. The zero-order valence-electron chi connectivity index (χ0n) is 15.4. The normalized spacial score (nSPS) is 23.7. The van der Waals surface area contributed by atoms with Gasteiger partial charge in [-0.25, -0.2) is 0 Å². The maximum absolute atomic E-state index is 6.34. The van der Waals surface area contributed by atoms with Crippen molar-refractivity contribution in [1.29, 1.82) is 0 Å². The van der Waals surface area contributed by atoms with Gasteiger partial charge in [-0.3, -0.25) is 0 Å². The van der Waals surface area contributed by atoms with E-state index in [-0.39, 0.29) is 0 Å². The van der Waals surface area contributed by atoms with Gasteiger partial charge >= 0.3 is 0 Å². The lowest BCUT2D eigenvalue weighted by molar-refractivity contribution is 0.402. The van der Waals surface area contributed by atoms with Gasteiger partial charge in [0.1, 0.15) is 0 Å². The van der Waals surface area contributed by atoms with Crippen molar-refractivity contribution in [1.82, 2.24) is 4.90 Å². The van der Waals surface area contributed by atoms with E-state index in [1.54, 1.807) is 5.57 Å². The summed E-state index contributed by atoms with van der Waals surface area (Å²) in [5.74, 6) is 1.62. The third kappa shape index (κ3) is 3.58. The largest absolute Gasteiger partial charge is 0.305 e. The Morgan fingerprint density at radius 2 is 1.73 bits per heavy atom. The second kappa shape index (κ2) is 7.38. The van der Waals surface area contributed by atoms with Gasteiger partial charge in [0.05, 0.1) is 0 Å². The quantitative estimate of drug-likeness (QED) is 0.567. The maximum Gasteiger partial charge on any atom is 0.0409 e. The minimum atomic E-state index is 0.744. The van der Waals surface area contributed by atoms with Gasteiger partial charge in [0.2, 0.25) is 0 Å². The third-order valence-electron chi connectivity index (χ3n) is 5.82. The van der Waals surface area contributed by atoms with Gasteiger partial charge in [-0.15, -0.1) is 0 Å². The summed E-state index contributed by atoms with van der Waals surface area (Å²) >= 11 is 12.5. The number of rotatable bonds is 4. The van der Waals surface area contributed by atoms with Crippen LogP contribution in [0.2, 0.25) is 10.0 Å². The molecule has 0 N–H and O–H groups in total. The van der Waals surface area contributed by atoms with Crippen molar-refractivity contribution in [3.63, 3.8) is 0 Å². The molecule has 26 heavy (non-hydrogen) atoms. The molecule has 2 saturated carbocycles. The minimum absolute atomic E-state index is 0.744. The van der Waals surface area contributed by atoms with Crippen LogP contribution in [-0.4, -0.2) is 19.0 Å². The molecule has 2 unspecified atom stereocenters. The fourth-order valence-corrected chi connectivity index (χ4v) is 5.09. The van der Waals surface area contributed by atoms with Gasteiger partial charge in [-0.2, -0.15) is 0 Å². The fraction of sp³-hybridized carbons (Fsp3) is 0.391. The molecule has 2 aromatic carbocycles. The fourth-order valence-electron chi connectivity index (χ4n) is 4.77. The van der Waals surface area contributed by atoms with Gasteiger partial charge in [-0.05, 0) is 98.1 Å². The molecular weight excluding hydrogens is 361 g/mol. The second-order valence-corrected chi connectivity index (χ2v) is 8.90. The number of allylic oxidation sites excluding steroid dienone is 1. The molecule has 0 saturated heterocycles. The van der Waals surface area contributed by atoms with E-state index in [4.69, 9.17) is 23.2 Å². The molecular formula is C23H25Cl2N. The van der Waals surface area contributed by atoms with Crippen LogP contribution in [0.1, 0.15) is 42.4 Å². The monoisotopic (exact) mass is 385 g/mol. The highest BCUT2D eigenvalue weighted by atomic mass is 35.5. The Hall–Kier alpha value is -1.28. The molecule has 2 bridgehead atoms. The van der Waals surface area contributed by atoms with Gasteiger partial charge in [-0.1, -0.05) is 47.0 Å². The summed E-state index contributed by atoms with van der Waals surface area (Å²) in [5.41, 5.74) is 6.96. The summed E-state index contributed by atoms with van der Waals surface area (Å²) in [4.78, 5) is 2.21. The van der Waals surface area contributed by atoms with E-state index < -0.39 is 0 Å². The first-order valence-electron chi connectivity index (χ1n) is 9.44. The van der Waals surface area contributed by atoms with Crippen LogP contribution in [0.25, 0.3) is 5.57 Å². The zero-order valence-corrected chi connectivity index (χ0v) is 16.9. The number of hydrogen-bond donors (Lipinski definition) is 0. The Bertz CT molecular complexity index is 836. The van der Waals surface area contributed by atoms with Gasteiger partial charge in [0.25, 0.3) is 0 Å². The van der Waals surface area contributed by atoms with E-state index in [1.165, 1.54) is 47.9 Å². The molecule has 1 nitrogen and oxygen atoms in total. The molecule has 0 radical (unpaired) electrons. The van der Waals surface area contributed by atoms with Crippen molar-refractivity contribution in [2.45, 2.75) is 32.2 Å². The Kier molecular flexibility index (Phi) is 5.14. The van der Waals surface area contributed by atoms with Crippen LogP contribution >= 0.6 is 23.2 Å². The highest BCUT2D eigenvalue weighted by Crippen LogP contribution is 2.52. The van der Waals surface area contributed by atoms with E-state index in [2.05, 4.69) is 43.3 Å². The maximum atomic E-state index is 6.34. The summed E-state index contributed by atoms with van der Waals surface area (Å²) in [6, 6.07) is 14.7. The van der Waals surface area contributed by atoms with Crippen LogP contribution in [0.5, 0.6) is 0 Å². The van der Waals surface area contributed by atoms with Crippen molar-refractivity contribution in [3.05, 3.63) is 74.8 Å². The summed E-state index contributed by atoms with van der Waals surface area (Å²) in [7, 11) is 4.22. The van der Waals surface area contributed by atoms with Crippen LogP contribution in [0.4, 0.5) is 0 Å². The molecule has 3 heteroatoms. The number of nitrogens with zero attached hydrogens (tertiary/aromatic N) is 1. The zero-order chi connectivity index (χ0) is 18.3. The summed E-state index contributed by atoms with van der Waals surface area (Å²) in [6.45, 7) is 0.883. The molecule has 0 amide bonds. The molecule has 2 aliphatic rings. The van der Waals surface area contributed by atoms with Crippen LogP contribution < -0.4 is 0 Å². The lowest BCUT2D eigenvalue weighted by atomic mass is 9.83. The third-order valence-corrected chi connectivity index (χ3v) is 6.31. The van der Waals surface area contributed by atoms with Crippen LogP contribution in [0.3, 0.4) is 0 Å². The molecule has 4 rings (SSSR count). The van der Waals surface area contributed by atoms with E-state index in [9.17, 15) is 0 Å². The van der Waals surface area contributed by atoms with Crippen LogP contribution in [0.15, 0.2) is 48.0 Å². The SMILES string of the molecule is CN(C)Cc1cc(Cl)ccc1/C(=C1\CC2CCC1C2)c1ccc(Cl)cc1. The van der Waals surface area contributed by atoms with E-state index >= 15 is 0 Å². The summed E-state index contributed by atoms with van der Waals surface area (Å²) in [6.07, 6.45) is 5.34. The summed E-state index contributed by atoms with van der Waals surface area (Å²) < 4.78 is 0. The molecule has 0 aliphatic heterocycles. The molecule has 2 aliphatic carbocycles. The molecule has 0 spiro atoms. The number of fused-ring (bicyclic) bond motifs is 2. The predicted molar refractivity (Wildman–Crippen MR) is 112 cm³/mol. The molecule has 0 heterocycles. The first-order valence-corrected chi connectivity index (χ1v) is 10.2.